The summed E-state index contributed by atoms with van der Waals surface area (Å²) in [4.78, 5) is 4.06. The molecule has 0 N–H and O–H groups in total. The molecule has 1 rings (SSSR count). The number of pyridine rings is 1. The zero-order valence-corrected chi connectivity index (χ0v) is 10.4. The van der Waals surface area contributed by atoms with Crippen molar-refractivity contribution in [1.29, 1.82) is 0 Å². The van der Waals surface area contributed by atoms with Crippen molar-refractivity contribution in [3.05, 3.63) is 18.2 Å². The molecule has 6 heteroatoms. The van der Waals surface area contributed by atoms with Gasteiger partial charge in [0.1, 0.15) is 5.03 Å². The summed E-state index contributed by atoms with van der Waals surface area (Å²) in [5, 5.41) is 1.15. The lowest BCUT2D eigenvalue weighted by molar-refractivity contribution is 0.480. The molecular weight excluding hydrogens is 234 g/mol. The molecule has 0 saturated heterocycles. The minimum atomic E-state index is -3.49. The third kappa shape index (κ3) is 5.03. The quantitative estimate of drug-likeness (QED) is 0.601. The summed E-state index contributed by atoms with van der Waals surface area (Å²) in [5.41, 5.74) is 0. The Hall–Kier alpha value is -0.750. The average Bonchev–Trinajstić information content (AvgIpc) is 1.99. The number of rotatable bonds is 4. The molecule has 0 saturated carbocycles. The molecule has 1 aromatic heterocycles. The highest BCUT2D eigenvalue weighted by atomic mass is 32.2. The van der Waals surface area contributed by atoms with Gasteiger partial charge in [0.05, 0.1) is 6.26 Å². The van der Waals surface area contributed by atoms with E-state index in [9.17, 15) is 8.42 Å². The highest BCUT2D eigenvalue weighted by Crippen LogP contribution is 2.22. The molecule has 0 aliphatic rings. The van der Waals surface area contributed by atoms with Gasteiger partial charge in [-0.3, -0.25) is 0 Å². The zero-order valence-electron chi connectivity index (χ0n) is 8.80. The molecule has 0 atom stereocenters. The molecular formula is C9H13NO3S2. The van der Waals surface area contributed by atoms with E-state index in [0.717, 1.165) is 11.3 Å². The van der Waals surface area contributed by atoms with Crippen molar-refractivity contribution >= 4 is 21.9 Å². The van der Waals surface area contributed by atoms with Gasteiger partial charge in [0.15, 0.2) is 0 Å². The SMILES string of the molecule is CC(C)Sc1cccc(OS(C)(=O)=O)n1. The highest BCUT2D eigenvalue weighted by molar-refractivity contribution is 7.99. The molecule has 0 amide bonds. The maximum absolute atomic E-state index is 10.9. The van der Waals surface area contributed by atoms with Crippen LogP contribution in [-0.4, -0.2) is 24.9 Å². The number of hydrogen-bond donors (Lipinski definition) is 0. The van der Waals surface area contributed by atoms with Crippen LogP contribution in [-0.2, 0) is 10.1 Å². The maximum Gasteiger partial charge on any atom is 0.307 e. The summed E-state index contributed by atoms with van der Waals surface area (Å²) < 4.78 is 26.4. The van der Waals surface area contributed by atoms with Crippen molar-refractivity contribution in [2.45, 2.75) is 24.1 Å². The number of aromatic nitrogens is 1. The first kappa shape index (κ1) is 12.3. The molecule has 0 unspecified atom stereocenters. The van der Waals surface area contributed by atoms with Crippen molar-refractivity contribution in [2.75, 3.05) is 6.26 Å². The minimum absolute atomic E-state index is 0.114. The van der Waals surface area contributed by atoms with Gasteiger partial charge >= 0.3 is 10.1 Å². The third-order valence-corrected chi connectivity index (χ3v) is 2.70. The van der Waals surface area contributed by atoms with Crippen LogP contribution in [0.2, 0.25) is 0 Å². The fourth-order valence-electron chi connectivity index (χ4n) is 0.905. The summed E-state index contributed by atoms with van der Waals surface area (Å²) >= 11 is 1.55. The van der Waals surface area contributed by atoms with E-state index >= 15 is 0 Å². The molecule has 1 aromatic rings. The number of hydrogen-bond acceptors (Lipinski definition) is 5. The van der Waals surface area contributed by atoms with E-state index in [2.05, 4.69) is 9.17 Å². The minimum Gasteiger partial charge on any atom is -0.362 e. The average molecular weight is 247 g/mol. The Morgan fingerprint density at radius 2 is 2.07 bits per heavy atom. The van der Waals surface area contributed by atoms with Crippen LogP contribution in [0.3, 0.4) is 0 Å². The Kier molecular flexibility index (Phi) is 3.98. The van der Waals surface area contributed by atoms with Crippen LogP contribution in [0.5, 0.6) is 5.88 Å². The smallest absolute Gasteiger partial charge is 0.307 e. The molecule has 0 spiro atoms. The van der Waals surface area contributed by atoms with E-state index < -0.39 is 10.1 Å². The molecule has 15 heavy (non-hydrogen) atoms. The van der Waals surface area contributed by atoms with Crippen molar-refractivity contribution < 1.29 is 12.6 Å². The van der Waals surface area contributed by atoms with Crippen LogP contribution in [0.4, 0.5) is 0 Å². The van der Waals surface area contributed by atoms with Crippen molar-refractivity contribution in [2.24, 2.45) is 0 Å². The largest absolute Gasteiger partial charge is 0.362 e. The first-order valence-electron chi connectivity index (χ1n) is 4.40. The van der Waals surface area contributed by atoms with Crippen LogP contribution in [0.15, 0.2) is 23.2 Å². The molecule has 4 nitrogen and oxygen atoms in total. The lowest BCUT2D eigenvalue weighted by atomic mass is 10.5. The van der Waals surface area contributed by atoms with Crippen LogP contribution in [0, 0.1) is 0 Å². The van der Waals surface area contributed by atoms with Gasteiger partial charge in [0.2, 0.25) is 5.88 Å². The van der Waals surface area contributed by atoms with Crippen LogP contribution >= 0.6 is 11.8 Å². The Balaban J connectivity index is 2.83. The summed E-state index contributed by atoms with van der Waals surface area (Å²) in [6.07, 6.45) is 0.997. The summed E-state index contributed by atoms with van der Waals surface area (Å²) in [7, 11) is -3.49. The van der Waals surface area contributed by atoms with E-state index in [-0.39, 0.29) is 5.88 Å². The molecule has 0 aliphatic heterocycles. The van der Waals surface area contributed by atoms with E-state index in [1.54, 1.807) is 17.8 Å². The van der Waals surface area contributed by atoms with Crippen molar-refractivity contribution in [3.8, 4) is 5.88 Å². The predicted molar refractivity (Wildman–Crippen MR) is 60.7 cm³/mol. The summed E-state index contributed by atoms with van der Waals surface area (Å²) in [6.45, 7) is 4.08. The standard InChI is InChI=1S/C9H13NO3S2/c1-7(2)14-9-6-4-5-8(10-9)13-15(3,11)12/h4-7H,1-3H3. The molecule has 0 aliphatic carbocycles. The first-order valence-corrected chi connectivity index (χ1v) is 7.09. The van der Waals surface area contributed by atoms with Crippen LogP contribution < -0.4 is 4.18 Å². The zero-order chi connectivity index (χ0) is 11.5. The van der Waals surface area contributed by atoms with Crippen LogP contribution in [0.25, 0.3) is 0 Å². The number of nitrogens with zero attached hydrogens (tertiary/aromatic N) is 1. The monoisotopic (exact) mass is 247 g/mol. The highest BCUT2D eigenvalue weighted by Gasteiger charge is 2.07. The van der Waals surface area contributed by atoms with Gasteiger partial charge in [-0.25, -0.2) is 4.98 Å². The Morgan fingerprint density at radius 3 is 2.60 bits per heavy atom. The van der Waals surface area contributed by atoms with E-state index in [1.807, 2.05) is 19.9 Å². The van der Waals surface area contributed by atoms with Gasteiger partial charge in [-0.15, -0.1) is 11.8 Å². The van der Waals surface area contributed by atoms with Gasteiger partial charge in [0, 0.05) is 11.3 Å². The second-order valence-electron chi connectivity index (χ2n) is 3.27. The molecule has 84 valence electrons. The topological polar surface area (TPSA) is 56.3 Å². The maximum atomic E-state index is 10.9. The lowest BCUT2D eigenvalue weighted by Gasteiger charge is -2.05. The van der Waals surface area contributed by atoms with Gasteiger partial charge in [-0.05, 0) is 6.07 Å². The fourth-order valence-corrected chi connectivity index (χ4v) is 2.09. The van der Waals surface area contributed by atoms with Gasteiger partial charge in [-0.1, -0.05) is 19.9 Å². The van der Waals surface area contributed by atoms with Gasteiger partial charge < -0.3 is 4.18 Å². The third-order valence-electron chi connectivity index (χ3n) is 1.29. The van der Waals surface area contributed by atoms with E-state index in [1.165, 1.54) is 6.07 Å². The lowest BCUT2D eigenvalue weighted by Crippen LogP contribution is -2.07. The Labute approximate surface area is 94.2 Å². The normalized spacial score (nSPS) is 11.7. The summed E-state index contributed by atoms with van der Waals surface area (Å²) in [5.74, 6) is 0.114. The molecule has 0 aromatic carbocycles. The van der Waals surface area contributed by atoms with E-state index in [0.29, 0.717) is 5.25 Å². The first-order chi connectivity index (χ1) is 6.87. The van der Waals surface area contributed by atoms with E-state index in [4.69, 9.17) is 0 Å². The van der Waals surface area contributed by atoms with Crippen molar-refractivity contribution in [1.82, 2.24) is 4.98 Å². The fraction of sp³-hybridized carbons (Fsp3) is 0.444. The van der Waals surface area contributed by atoms with Gasteiger partial charge in [0.25, 0.3) is 0 Å². The molecule has 0 bridgehead atoms. The van der Waals surface area contributed by atoms with Crippen molar-refractivity contribution in [3.63, 3.8) is 0 Å². The molecule has 0 radical (unpaired) electrons. The second-order valence-corrected chi connectivity index (χ2v) is 6.44. The summed E-state index contributed by atoms with van der Waals surface area (Å²) in [6, 6.07) is 5.06. The Bertz CT molecular complexity index is 429. The predicted octanol–water partition coefficient (Wildman–Crippen LogP) is 1.92. The molecule has 1 heterocycles. The van der Waals surface area contributed by atoms with Gasteiger partial charge in [-0.2, -0.15) is 8.42 Å². The molecule has 0 fully saturated rings. The van der Waals surface area contributed by atoms with Crippen LogP contribution in [0.1, 0.15) is 13.8 Å². The Morgan fingerprint density at radius 1 is 1.40 bits per heavy atom. The number of thioether (sulfide) groups is 1. The second kappa shape index (κ2) is 4.85.